The molecule has 53 valence electrons. The summed E-state index contributed by atoms with van der Waals surface area (Å²) in [5, 5.41) is 17.9. The van der Waals surface area contributed by atoms with Gasteiger partial charge in [0, 0.05) is 0 Å². The Balaban J connectivity index is 3.14. The Morgan fingerprint density at radius 2 is 2.00 bits per heavy atom. The number of phenolic OH excluding ortho intramolecular Hbond substituents is 2. The molecule has 4 heteroatoms. The summed E-state index contributed by atoms with van der Waals surface area (Å²) in [5.74, 6) is -0.0985. The zero-order chi connectivity index (χ0) is 7.56. The summed E-state index contributed by atoms with van der Waals surface area (Å²) in [6.07, 6.45) is 0. The molecule has 2 N–H and O–H groups in total. The third-order valence-corrected chi connectivity index (χ3v) is 1.51. The molecule has 0 aliphatic rings. The van der Waals surface area contributed by atoms with E-state index in [2.05, 4.69) is 0 Å². The van der Waals surface area contributed by atoms with Crippen molar-refractivity contribution < 1.29 is 33.8 Å². The first kappa shape index (κ1) is 7.42. The Labute approximate surface area is 69.6 Å². The molecule has 0 spiro atoms. The number of hydrogen-bond donors (Lipinski definition) is 2. The monoisotopic (exact) mass is 223 g/mol. The SMILES string of the molecule is Oc1cccc([O][Mo])c1O. The molecule has 0 bridgehead atoms. The van der Waals surface area contributed by atoms with E-state index in [1.165, 1.54) is 26.3 Å². The van der Waals surface area contributed by atoms with Crippen molar-refractivity contribution in [3.05, 3.63) is 18.2 Å². The van der Waals surface area contributed by atoms with E-state index in [1.807, 2.05) is 0 Å². The molecule has 1 aromatic carbocycles. The quantitative estimate of drug-likeness (QED) is 0.548. The van der Waals surface area contributed by atoms with E-state index in [-0.39, 0.29) is 17.2 Å². The summed E-state index contributed by atoms with van der Waals surface area (Å²) in [6.45, 7) is 0. The molecule has 0 unspecified atom stereocenters. The maximum absolute atomic E-state index is 9.02. The molecule has 0 aliphatic heterocycles. The minimum absolute atomic E-state index is 0.166. The van der Waals surface area contributed by atoms with Crippen molar-refractivity contribution in [1.29, 1.82) is 0 Å². The maximum atomic E-state index is 9.02. The van der Waals surface area contributed by atoms with Gasteiger partial charge in [-0.1, -0.05) is 0 Å². The summed E-state index contributed by atoms with van der Waals surface area (Å²) in [4.78, 5) is 0. The van der Waals surface area contributed by atoms with E-state index in [9.17, 15) is 0 Å². The van der Waals surface area contributed by atoms with Crippen LogP contribution in [-0.2, 0) is 20.2 Å². The minimum atomic E-state index is -0.215. The molecule has 0 radical (unpaired) electrons. The van der Waals surface area contributed by atoms with Gasteiger partial charge in [0.25, 0.3) is 0 Å². The van der Waals surface area contributed by atoms with Crippen molar-refractivity contribution in [3.8, 4) is 17.2 Å². The van der Waals surface area contributed by atoms with Gasteiger partial charge in [-0.15, -0.1) is 0 Å². The fourth-order valence-corrected chi connectivity index (χ4v) is 0.909. The van der Waals surface area contributed by atoms with Gasteiger partial charge in [-0.2, -0.15) is 0 Å². The number of rotatable bonds is 1. The average molecular weight is 221 g/mol. The third-order valence-electron chi connectivity index (χ3n) is 1.07. The Bertz CT molecular complexity index is 236. The van der Waals surface area contributed by atoms with Crippen molar-refractivity contribution in [1.82, 2.24) is 0 Å². The molecule has 0 fully saturated rings. The van der Waals surface area contributed by atoms with E-state index in [0.717, 1.165) is 0 Å². The van der Waals surface area contributed by atoms with Crippen molar-refractivity contribution in [3.63, 3.8) is 0 Å². The fraction of sp³-hybridized carbons (Fsp3) is 0. The molecule has 10 heavy (non-hydrogen) atoms. The summed E-state index contributed by atoms with van der Waals surface area (Å²) in [7, 11) is 0. The second kappa shape index (κ2) is 2.93. The predicted molar refractivity (Wildman–Crippen MR) is 30.4 cm³/mol. The third kappa shape index (κ3) is 1.24. The Hall–Kier alpha value is -0.692. The van der Waals surface area contributed by atoms with Gasteiger partial charge in [0.1, 0.15) is 0 Å². The second-order valence-corrected chi connectivity index (χ2v) is 2.12. The van der Waals surface area contributed by atoms with Gasteiger partial charge < -0.3 is 0 Å². The molecule has 3 nitrogen and oxygen atoms in total. The van der Waals surface area contributed by atoms with Gasteiger partial charge >= 0.3 is 69.2 Å². The number of para-hydroxylation sites is 1. The zero-order valence-electron chi connectivity index (χ0n) is 4.94. The van der Waals surface area contributed by atoms with Crippen molar-refractivity contribution in [2.45, 2.75) is 0 Å². The van der Waals surface area contributed by atoms with Gasteiger partial charge in [-0.05, 0) is 0 Å². The van der Waals surface area contributed by atoms with Gasteiger partial charge in [-0.3, -0.25) is 0 Å². The molecule has 0 aromatic heterocycles. The Morgan fingerprint density at radius 3 is 2.50 bits per heavy atom. The normalized spacial score (nSPS) is 9.20. The van der Waals surface area contributed by atoms with Crippen LogP contribution in [0.3, 0.4) is 0 Å². The van der Waals surface area contributed by atoms with Crippen LogP contribution in [0.4, 0.5) is 0 Å². The van der Waals surface area contributed by atoms with Crippen LogP contribution >= 0.6 is 0 Å². The average Bonchev–Trinajstić information content (AvgIpc) is 1.95. The molecular formula is C6H5MoO3. The first-order valence-corrected chi connectivity index (χ1v) is 3.38. The molecule has 0 heterocycles. The van der Waals surface area contributed by atoms with Crippen LogP contribution < -0.4 is 3.39 Å². The summed E-state index contributed by atoms with van der Waals surface area (Å²) in [5.41, 5.74) is 0. The van der Waals surface area contributed by atoms with Crippen LogP contribution in [-0.4, -0.2) is 10.2 Å². The molecule has 1 aromatic rings. The molecule has 0 amide bonds. The molecule has 0 saturated heterocycles. The Morgan fingerprint density at radius 1 is 1.30 bits per heavy atom. The number of benzene rings is 1. The first-order chi connectivity index (χ1) is 4.75. The zero-order valence-corrected chi connectivity index (χ0v) is 6.95. The van der Waals surface area contributed by atoms with Crippen LogP contribution in [0.25, 0.3) is 0 Å². The van der Waals surface area contributed by atoms with Gasteiger partial charge in [0.2, 0.25) is 0 Å². The van der Waals surface area contributed by atoms with Crippen LogP contribution in [0.5, 0.6) is 17.2 Å². The van der Waals surface area contributed by atoms with Crippen LogP contribution in [0.2, 0.25) is 0 Å². The molecule has 0 saturated carbocycles. The fourth-order valence-electron chi connectivity index (χ4n) is 0.578. The van der Waals surface area contributed by atoms with Crippen molar-refractivity contribution >= 4 is 0 Å². The standard InChI is InChI=1S/C6H6O3.Mo/c7-4-2-1-3-5(8)6(4)9;/h1-3,7-9H;/q;+1/p-1. The van der Waals surface area contributed by atoms with E-state index in [4.69, 9.17) is 13.6 Å². The van der Waals surface area contributed by atoms with Gasteiger partial charge in [0.15, 0.2) is 0 Å². The Kier molecular flexibility index (Phi) is 2.17. The van der Waals surface area contributed by atoms with Crippen LogP contribution in [0.15, 0.2) is 18.2 Å². The van der Waals surface area contributed by atoms with Gasteiger partial charge in [0.05, 0.1) is 0 Å². The molecule has 1 rings (SSSR count). The number of hydrogen-bond acceptors (Lipinski definition) is 3. The summed E-state index contributed by atoms with van der Waals surface area (Å²) < 4.78 is 4.73. The predicted octanol–water partition coefficient (Wildman–Crippen LogP) is 0.938. The first-order valence-electron chi connectivity index (χ1n) is 2.56. The molecule has 0 atom stereocenters. The van der Waals surface area contributed by atoms with E-state index >= 15 is 0 Å². The number of phenols is 2. The molecule has 0 aliphatic carbocycles. The van der Waals surface area contributed by atoms with Crippen molar-refractivity contribution in [2.24, 2.45) is 0 Å². The van der Waals surface area contributed by atoms with E-state index in [0.29, 0.717) is 0 Å². The summed E-state index contributed by atoms with van der Waals surface area (Å²) in [6, 6.07) is 4.55. The van der Waals surface area contributed by atoms with Gasteiger partial charge in [-0.25, -0.2) is 0 Å². The second-order valence-electron chi connectivity index (χ2n) is 1.71. The number of aromatic hydroxyl groups is 2. The van der Waals surface area contributed by atoms with Crippen LogP contribution in [0.1, 0.15) is 0 Å². The molecular weight excluding hydrogens is 216 g/mol. The van der Waals surface area contributed by atoms with Crippen LogP contribution in [0, 0.1) is 0 Å². The van der Waals surface area contributed by atoms with E-state index < -0.39 is 0 Å². The topological polar surface area (TPSA) is 49.7 Å². The van der Waals surface area contributed by atoms with E-state index in [1.54, 1.807) is 12.1 Å². The van der Waals surface area contributed by atoms with Crippen molar-refractivity contribution in [2.75, 3.05) is 0 Å². The summed E-state index contributed by atoms with van der Waals surface area (Å²) >= 11 is 1.36.